The molecule has 7 heteroatoms. The first kappa shape index (κ1) is 15.1. The monoisotopic (exact) mass is 308 g/mol. The number of amides is 1. The average Bonchev–Trinajstić information content (AvgIpc) is 2.79. The van der Waals surface area contributed by atoms with E-state index in [9.17, 15) is 14.0 Å². The van der Waals surface area contributed by atoms with Gasteiger partial charge in [0.15, 0.2) is 0 Å². The Labute approximate surface area is 124 Å². The fourth-order valence-corrected chi connectivity index (χ4v) is 2.42. The summed E-state index contributed by atoms with van der Waals surface area (Å²) >= 11 is 1.24. The summed E-state index contributed by atoms with van der Waals surface area (Å²) in [7, 11) is 0. The summed E-state index contributed by atoms with van der Waals surface area (Å²) in [6.07, 6.45) is 0. The number of halogens is 1. The standard InChI is InChI=1S/C14H13FN2O3S/c1-8-6-11(13(16-8)14(19)20)17-12(18)7-21-10-4-2-9(15)3-5-10/h2-6,16H,7H2,1H3,(H,17,18)(H,19,20). The number of hydrogen-bond donors (Lipinski definition) is 3. The zero-order valence-electron chi connectivity index (χ0n) is 11.1. The van der Waals surface area contributed by atoms with Crippen LogP contribution in [0.15, 0.2) is 35.2 Å². The number of carbonyl (C=O) groups excluding carboxylic acids is 1. The molecule has 0 fully saturated rings. The Morgan fingerprint density at radius 2 is 2.00 bits per heavy atom. The zero-order chi connectivity index (χ0) is 15.4. The summed E-state index contributed by atoms with van der Waals surface area (Å²) in [5.41, 5.74) is 0.839. The second-order valence-corrected chi connectivity index (χ2v) is 5.39. The lowest BCUT2D eigenvalue weighted by Gasteiger charge is -2.04. The van der Waals surface area contributed by atoms with E-state index in [1.165, 1.54) is 23.9 Å². The Morgan fingerprint density at radius 1 is 1.33 bits per heavy atom. The van der Waals surface area contributed by atoms with Gasteiger partial charge in [0.05, 0.1) is 11.4 Å². The summed E-state index contributed by atoms with van der Waals surface area (Å²) in [4.78, 5) is 26.3. The maximum Gasteiger partial charge on any atom is 0.354 e. The molecular weight excluding hydrogens is 295 g/mol. The molecule has 5 nitrogen and oxygen atoms in total. The summed E-state index contributed by atoms with van der Waals surface area (Å²) in [6, 6.07) is 7.35. The minimum Gasteiger partial charge on any atom is -0.477 e. The van der Waals surface area contributed by atoms with Gasteiger partial charge in [-0.3, -0.25) is 4.79 Å². The first-order chi connectivity index (χ1) is 9.95. The predicted octanol–water partition coefficient (Wildman–Crippen LogP) is 2.89. The van der Waals surface area contributed by atoms with Crippen molar-refractivity contribution in [3.05, 3.63) is 47.5 Å². The number of aryl methyl sites for hydroxylation is 1. The van der Waals surface area contributed by atoms with Crippen molar-refractivity contribution < 1.29 is 19.1 Å². The number of carbonyl (C=O) groups is 2. The molecule has 2 rings (SSSR count). The normalized spacial score (nSPS) is 10.4. The van der Waals surface area contributed by atoms with Crippen molar-refractivity contribution in [3.8, 4) is 0 Å². The lowest BCUT2D eigenvalue weighted by Crippen LogP contribution is -2.15. The number of anilines is 1. The largest absolute Gasteiger partial charge is 0.477 e. The van der Waals surface area contributed by atoms with Gasteiger partial charge < -0.3 is 15.4 Å². The number of aromatic carboxylic acids is 1. The molecule has 1 heterocycles. The molecule has 0 aliphatic carbocycles. The van der Waals surface area contributed by atoms with Gasteiger partial charge in [0.2, 0.25) is 5.91 Å². The molecule has 1 aromatic heterocycles. The van der Waals surface area contributed by atoms with E-state index in [1.54, 1.807) is 25.1 Å². The Bertz CT molecular complexity index is 667. The molecule has 0 radical (unpaired) electrons. The third kappa shape index (κ3) is 4.09. The molecule has 0 aliphatic rings. The molecule has 21 heavy (non-hydrogen) atoms. The molecule has 0 unspecified atom stereocenters. The maximum atomic E-state index is 12.7. The highest BCUT2D eigenvalue weighted by Crippen LogP contribution is 2.20. The van der Waals surface area contributed by atoms with Crippen molar-refractivity contribution in [2.45, 2.75) is 11.8 Å². The Morgan fingerprint density at radius 3 is 2.62 bits per heavy atom. The van der Waals surface area contributed by atoms with Gasteiger partial charge in [-0.2, -0.15) is 0 Å². The third-order valence-electron chi connectivity index (χ3n) is 2.62. The van der Waals surface area contributed by atoms with Gasteiger partial charge in [-0.1, -0.05) is 0 Å². The molecule has 0 bridgehead atoms. The van der Waals surface area contributed by atoms with Crippen LogP contribution in [0.5, 0.6) is 0 Å². The van der Waals surface area contributed by atoms with Crippen LogP contribution >= 0.6 is 11.8 Å². The average molecular weight is 308 g/mol. The van der Waals surface area contributed by atoms with Crippen LogP contribution in [-0.4, -0.2) is 27.7 Å². The van der Waals surface area contributed by atoms with E-state index >= 15 is 0 Å². The summed E-state index contributed by atoms with van der Waals surface area (Å²) in [5.74, 6) is -1.69. The van der Waals surface area contributed by atoms with Gasteiger partial charge in [0.25, 0.3) is 0 Å². The summed E-state index contributed by atoms with van der Waals surface area (Å²) < 4.78 is 12.7. The number of hydrogen-bond acceptors (Lipinski definition) is 3. The minimum absolute atomic E-state index is 0.0485. The Kier molecular flexibility index (Phi) is 4.64. The van der Waals surface area contributed by atoms with Crippen LogP contribution < -0.4 is 5.32 Å². The topological polar surface area (TPSA) is 82.2 Å². The molecule has 0 atom stereocenters. The van der Waals surface area contributed by atoms with Gasteiger partial charge in [-0.15, -0.1) is 11.8 Å². The highest BCUT2D eigenvalue weighted by Gasteiger charge is 2.15. The Hall–Kier alpha value is -2.28. The molecule has 0 spiro atoms. The number of thioether (sulfide) groups is 1. The van der Waals surface area contributed by atoms with Crippen LogP contribution in [0.1, 0.15) is 16.2 Å². The van der Waals surface area contributed by atoms with Gasteiger partial charge in [-0.05, 0) is 37.3 Å². The second kappa shape index (κ2) is 6.45. The van der Waals surface area contributed by atoms with Crippen LogP contribution in [0.25, 0.3) is 0 Å². The minimum atomic E-state index is -1.13. The molecule has 2 aromatic rings. The number of nitrogens with one attached hydrogen (secondary N) is 2. The molecule has 1 amide bonds. The molecular formula is C14H13FN2O3S. The molecule has 3 N–H and O–H groups in total. The van der Waals surface area contributed by atoms with Crippen molar-refractivity contribution in [2.24, 2.45) is 0 Å². The lowest BCUT2D eigenvalue weighted by atomic mass is 10.3. The van der Waals surface area contributed by atoms with E-state index in [0.717, 1.165) is 4.90 Å². The first-order valence-electron chi connectivity index (χ1n) is 6.07. The van der Waals surface area contributed by atoms with E-state index in [4.69, 9.17) is 5.11 Å². The number of H-pyrrole nitrogens is 1. The summed E-state index contributed by atoms with van der Waals surface area (Å²) in [5, 5.41) is 11.6. The molecule has 0 saturated heterocycles. The molecule has 0 saturated carbocycles. The van der Waals surface area contributed by atoms with E-state index in [-0.39, 0.29) is 28.9 Å². The smallest absolute Gasteiger partial charge is 0.354 e. The zero-order valence-corrected chi connectivity index (χ0v) is 12.0. The van der Waals surface area contributed by atoms with Crippen molar-refractivity contribution in [1.82, 2.24) is 4.98 Å². The summed E-state index contributed by atoms with van der Waals surface area (Å²) in [6.45, 7) is 1.70. The highest BCUT2D eigenvalue weighted by molar-refractivity contribution is 8.00. The molecule has 1 aromatic carbocycles. The fourth-order valence-electron chi connectivity index (χ4n) is 1.72. The lowest BCUT2D eigenvalue weighted by molar-refractivity contribution is -0.113. The van der Waals surface area contributed by atoms with Gasteiger partial charge in [-0.25, -0.2) is 9.18 Å². The number of carboxylic acid groups (broad SMARTS) is 1. The van der Waals surface area contributed by atoms with Crippen molar-refractivity contribution in [2.75, 3.05) is 11.1 Å². The third-order valence-corrected chi connectivity index (χ3v) is 3.64. The van der Waals surface area contributed by atoms with Crippen molar-refractivity contribution in [1.29, 1.82) is 0 Å². The van der Waals surface area contributed by atoms with Crippen LogP contribution in [0.2, 0.25) is 0 Å². The maximum absolute atomic E-state index is 12.7. The van der Waals surface area contributed by atoms with Crippen LogP contribution in [0, 0.1) is 12.7 Å². The van der Waals surface area contributed by atoms with Gasteiger partial charge in [0, 0.05) is 10.6 Å². The van der Waals surface area contributed by atoms with Crippen LogP contribution in [0.4, 0.5) is 10.1 Å². The van der Waals surface area contributed by atoms with Crippen LogP contribution in [0.3, 0.4) is 0 Å². The van der Waals surface area contributed by atoms with E-state index in [0.29, 0.717) is 5.69 Å². The number of aromatic amines is 1. The number of aromatic nitrogens is 1. The van der Waals surface area contributed by atoms with Crippen LogP contribution in [-0.2, 0) is 4.79 Å². The highest BCUT2D eigenvalue weighted by atomic mass is 32.2. The Balaban J connectivity index is 1.96. The quantitative estimate of drug-likeness (QED) is 0.742. The predicted molar refractivity (Wildman–Crippen MR) is 78.2 cm³/mol. The van der Waals surface area contributed by atoms with Crippen molar-refractivity contribution in [3.63, 3.8) is 0 Å². The number of rotatable bonds is 5. The molecule has 110 valence electrons. The second-order valence-electron chi connectivity index (χ2n) is 4.34. The first-order valence-corrected chi connectivity index (χ1v) is 7.05. The van der Waals surface area contributed by atoms with Gasteiger partial charge >= 0.3 is 5.97 Å². The number of benzene rings is 1. The molecule has 0 aliphatic heterocycles. The van der Waals surface area contributed by atoms with Gasteiger partial charge in [0.1, 0.15) is 11.5 Å². The van der Waals surface area contributed by atoms with E-state index in [1.807, 2.05) is 0 Å². The van der Waals surface area contributed by atoms with E-state index < -0.39 is 5.97 Å². The van der Waals surface area contributed by atoms with E-state index in [2.05, 4.69) is 10.3 Å². The van der Waals surface area contributed by atoms with Crippen molar-refractivity contribution >= 4 is 29.3 Å². The fraction of sp³-hybridized carbons (Fsp3) is 0.143. The SMILES string of the molecule is Cc1cc(NC(=O)CSc2ccc(F)cc2)c(C(=O)O)[nH]1. The number of carboxylic acids is 1.